The Morgan fingerprint density at radius 1 is 1.24 bits per heavy atom. The molecule has 2 N–H and O–H groups in total. The van der Waals surface area contributed by atoms with Gasteiger partial charge in [-0.25, -0.2) is 4.39 Å². The second-order valence-electron chi connectivity index (χ2n) is 7.65. The largest absolute Gasteiger partial charge is 0.389 e. The number of carbonyl (C=O) groups excluding carboxylic acids is 2. The van der Waals surface area contributed by atoms with Crippen LogP contribution in [0.4, 0.5) is 4.39 Å². The summed E-state index contributed by atoms with van der Waals surface area (Å²) in [5.41, 5.74) is 0.361. The average Bonchev–Trinajstić information content (AvgIpc) is 2.70. The molecule has 0 bridgehead atoms. The third kappa shape index (κ3) is 5.74. The zero-order chi connectivity index (χ0) is 20.8. The first-order chi connectivity index (χ1) is 14.0. The number of hydrogen-bond acceptors (Lipinski definition) is 5. The van der Waals surface area contributed by atoms with Crippen LogP contribution in [0.3, 0.4) is 0 Å². The molecule has 2 heterocycles. The lowest BCUT2D eigenvalue weighted by Crippen LogP contribution is -2.57. The smallest absolute Gasteiger partial charge is 0.254 e. The zero-order valence-electron chi connectivity index (χ0n) is 16.7. The summed E-state index contributed by atoms with van der Waals surface area (Å²) in [5.74, 6) is -0.730. The quantitative estimate of drug-likeness (QED) is 0.771. The summed E-state index contributed by atoms with van der Waals surface area (Å²) in [6.07, 6.45) is 0.992. The summed E-state index contributed by atoms with van der Waals surface area (Å²) in [6.45, 7) is 3.08. The van der Waals surface area contributed by atoms with E-state index >= 15 is 0 Å². The molecule has 0 aromatic heterocycles. The van der Waals surface area contributed by atoms with Gasteiger partial charge in [0.2, 0.25) is 5.91 Å². The van der Waals surface area contributed by atoms with E-state index in [0.29, 0.717) is 24.9 Å². The van der Waals surface area contributed by atoms with E-state index in [2.05, 4.69) is 5.32 Å². The Hall–Kier alpha value is -2.03. The highest BCUT2D eigenvalue weighted by Crippen LogP contribution is 2.28. The Morgan fingerprint density at radius 3 is 2.72 bits per heavy atom. The number of aliphatic hydroxyl groups is 1. The standard InChI is InChI=1S/C21H29FN2O5/c1-2-9-23-20(26)10-17-7-8-18-19(29-17)13-28-12-16(25)11-24(18)21(27)14-3-5-15(22)6-4-14/h3-6,16-19,25H,2,7-13H2,1H3,(H,23,26)/t16-,17-,18+,19-/m0/s1. The van der Waals surface area contributed by atoms with Crippen molar-refractivity contribution in [2.24, 2.45) is 0 Å². The van der Waals surface area contributed by atoms with Gasteiger partial charge in [0.1, 0.15) is 11.9 Å². The van der Waals surface area contributed by atoms with Crippen LogP contribution in [0.25, 0.3) is 0 Å². The molecular weight excluding hydrogens is 379 g/mol. The number of benzene rings is 1. The van der Waals surface area contributed by atoms with Crippen LogP contribution < -0.4 is 5.32 Å². The third-order valence-electron chi connectivity index (χ3n) is 5.32. The Labute approximate surface area is 170 Å². The summed E-state index contributed by atoms with van der Waals surface area (Å²) in [6, 6.07) is 5.10. The molecule has 2 aliphatic heterocycles. The fourth-order valence-electron chi connectivity index (χ4n) is 3.88. The molecule has 0 radical (unpaired) electrons. The van der Waals surface area contributed by atoms with Crippen molar-refractivity contribution < 1.29 is 28.6 Å². The Bertz CT molecular complexity index is 699. The lowest BCUT2D eigenvalue weighted by atomic mass is 9.94. The van der Waals surface area contributed by atoms with Crippen molar-refractivity contribution in [3.05, 3.63) is 35.6 Å². The summed E-state index contributed by atoms with van der Waals surface area (Å²) < 4.78 is 24.9. The van der Waals surface area contributed by atoms with Crippen molar-refractivity contribution in [1.29, 1.82) is 0 Å². The van der Waals surface area contributed by atoms with Crippen molar-refractivity contribution in [3.63, 3.8) is 0 Å². The molecule has 2 fully saturated rings. The van der Waals surface area contributed by atoms with Gasteiger partial charge in [-0.15, -0.1) is 0 Å². The Morgan fingerprint density at radius 2 is 2.00 bits per heavy atom. The fraction of sp³-hybridized carbons (Fsp3) is 0.619. The topological polar surface area (TPSA) is 88.1 Å². The molecule has 8 heteroatoms. The van der Waals surface area contributed by atoms with Crippen molar-refractivity contribution in [3.8, 4) is 0 Å². The molecule has 2 saturated heterocycles. The Balaban J connectivity index is 1.71. The number of rotatable bonds is 5. The number of hydrogen-bond donors (Lipinski definition) is 2. The van der Waals surface area contributed by atoms with E-state index in [9.17, 15) is 19.1 Å². The number of carbonyl (C=O) groups is 2. The summed E-state index contributed by atoms with van der Waals surface area (Å²) in [4.78, 5) is 26.7. The van der Waals surface area contributed by atoms with Gasteiger partial charge < -0.3 is 24.8 Å². The molecular formula is C21H29FN2O5. The number of amides is 2. The first-order valence-electron chi connectivity index (χ1n) is 10.2. The monoisotopic (exact) mass is 408 g/mol. The van der Waals surface area contributed by atoms with E-state index in [1.807, 2.05) is 6.92 Å². The SMILES string of the molecule is CCCNC(=O)C[C@@H]1CC[C@@H]2[C@H](COC[C@@H](O)CN2C(=O)c2ccc(F)cc2)O1. The Kier molecular flexibility index (Phi) is 7.57. The van der Waals surface area contributed by atoms with Crippen molar-refractivity contribution >= 4 is 11.8 Å². The summed E-state index contributed by atoms with van der Waals surface area (Å²) in [5, 5.41) is 13.0. The van der Waals surface area contributed by atoms with Crippen molar-refractivity contribution in [2.45, 2.75) is 57.0 Å². The van der Waals surface area contributed by atoms with Crippen LogP contribution >= 0.6 is 0 Å². The van der Waals surface area contributed by atoms with Gasteiger partial charge in [0.05, 0.1) is 37.9 Å². The van der Waals surface area contributed by atoms with E-state index in [0.717, 1.165) is 6.42 Å². The number of β-amino-alcohol motifs (C(OH)–C–C–N with tert-alkyl or cyclic N) is 1. The maximum absolute atomic E-state index is 13.2. The lowest BCUT2D eigenvalue weighted by Gasteiger charge is -2.44. The minimum Gasteiger partial charge on any atom is -0.389 e. The molecule has 0 spiro atoms. The minimum absolute atomic E-state index is 0.0447. The third-order valence-corrected chi connectivity index (χ3v) is 5.32. The van der Waals surface area contributed by atoms with Gasteiger partial charge in [-0.2, -0.15) is 0 Å². The maximum Gasteiger partial charge on any atom is 0.254 e. The van der Waals surface area contributed by atoms with Gasteiger partial charge in [0.15, 0.2) is 0 Å². The minimum atomic E-state index is -0.808. The molecule has 1 aromatic carbocycles. The first-order valence-corrected chi connectivity index (χ1v) is 10.2. The van der Waals surface area contributed by atoms with Crippen LogP contribution in [0, 0.1) is 5.82 Å². The second-order valence-corrected chi connectivity index (χ2v) is 7.65. The van der Waals surface area contributed by atoms with Gasteiger partial charge in [-0.3, -0.25) is 9.59 Å². The van der Waals surface area contributed by atoms with Gasteiger partial charge in [-0.1, -0.05) is 6.92 Å². The fourth-order valence-corrected chi connectivity index (χ4v) is 3.88. The molecule has 2 aliphatic rings. The lowest BCUT2D eigenvalue weighted by molar-refractivity contribution is -0.150. The molecule has 0 aliphatic carbocycles. The van der Waals surface area contributed by atoms with Crippen LogP contribution in [0.5, 0.6) is 0 Å². The van der Waals surface area contributed by atoms with E-state index in [1.54, 1.807) is 4.90 Å². The average molecular weight is 408 g/mol. The predicted molar refractivity (Wildman–Crippen MR) is 104 cm³/mol. The second kappa shape index (κ2) is 10.1. The number of nitrogens with one attached hydrogen (secondary N) is 1. The van der Waals surface area contributed by atoms with Crippen molar-refractivity contribution in [2.75, 3.05) is 26.3 Å². The number of ether oxygens (including phenoxy) is 2. The van der Waals surface area contributed by atoms with Crippen LogP contribution in [0.2, 0.25) is 0 Å². The molecule has 29 heavy (non-hydrogen) atoms. The highest BCUT2D eigenvalue weighted by atomic mass is 19.1. The van der Waals surface area contributed by atoms with Gasteiger partial charge in [0.25, 0.3) is 5.91 Å². The van der Waals surface area contributed by atoms with E-state index < -0.39 is 11.9 Å². The normalized spacial score (nSPS) is 27.5. The predicted octanol–water partition coefficient (Wildman–Crippen LogP) is 1.49. The molecule has 2 amide bonds. The molecule has 0 unspecified atom stereocenters. The van der Waals surface area contributed by atoms with E-state index in [-0.39, 0.29) is 56.2 Å². The zero-order valence-corrected chi connectivity index (χ0v) is 16.7. The number of halogens is 1. The van der Waals surface area contributed by atoms with E-state index in [4.69, 9.17) is 9.47 Å². The number of fused-ring (bicyclic) bond motifs is 1. The molecule has 7 nitrogen and oxygen atoms in total. The molecule has 1 aromatic rings. The molecule has 3 rings (SSSR count). The summed E-state index contributed by atoms with van der Waals surface area (Å²) in [7, 11) is 0. The van der Waals surface area contributed by atoms with Crippen LogP contribution in [0.1, 0.15) is 43.0 Å². The molecule has 160 valence electrons. The maximum atomic E-state index is 13.2. The molecule has 0 saturated carbocycles. The van der Waals surface area contributed by atoms with E-state index in [1.165, 1.54) is 24.3 Å². The van der Waals surface area contributed by atoms with Crippen LogP contribution in [0.15, 0.2) is 24.3 Å². The van der Waals surface area contributed by atoms with Gasteiger partial charge in [-0.05, 0) is 43.5 Å². The van der Waals surface area contributed by atoms with Gasteiger partial charge >= 0.3 is 0 Å². The van der Waals surface area contributed by atoms with Crippen molar-refractivity contribution in [1.82, 2.24) is 10.2 Å². The molecule has 4 atom stereocenters. The van der Waals surface area contributed by atoms with Crippen LogP contribution in [-0.4, -0.2) is 72.5 Å². The summed E-state index contributed by atoms with van der Waals surface area (Å²) >= 11 is 0. The first kappa shape index (κ1) is 21.7. The highest BCUT2D eigenvalue weighted by Gasteiger charge is 2.40. The van der Waals surface area contributed by atoms with Gasteiger partial charge in [0, 0.05) is 18.7 Å². The van der Waals surface area contributed by atoms with Crippen LogP contribution in [-0.2, 0) is 14.3 Å². The highest BCUT2D eigenvalue weighted by molar-refractivity contribution is 5.94. The number of aliphatic hydroxyl groups excluding tert-OH is 1. The number of nitrogens with zero attached hydrogens (tertiary/aromatic N) is 1.